The van der Waals surface area contributed by atoms with E-state index in [4.69, 9.17) is 16.4 Å². The third-order valence-electron chi connectivity index (χ3n) is 2.29. The second kappa shape index (κ2) is 5.99. The van der Waals surface area contributed by atoms with Gasteiger partial charge in [0.15, 0.2) is 0 Å². The molecule has 0 heterocycles. The predicted octanol–water partition coefficient (Wildman–Crippen LogP) is 3.68. The molecule has 1 aromatic carbocycles. The van der Waals surface area contributed by atoms with Crippen molar-refractivity contribution in [1.82, 2.24) is 0 Å². The van der Waals surface area contributed by atoms with Crippen LogP contribution in [0, 0.1) is 0 Å². The van der Waals surface area contributed by atoms with Gasteiger partial charge in [0.25, 0.3) is 0 Å². The molecule has 0 unspecified atom stereocenters. The number of anilines is 1. The Morgan fingerprint density at radius 2 is 2.00 bits per heavy atom. The highest BCUT2D eigenvalue weighted by molar-refractivity contribution is 6.31. The fourth-order valence-electron chi connectivity index (χ4n) is 1.62. The van der Waals surface area contributed by atoms with E-state index in [1.54, 1.807) is 0 Å². The van der Waals surface area contributed by atoms with Crippen LogP contribution in [0.3, 0.4) is 0 Å². The van der Waals surface area contributed by atoms with Crippen LogP contribution >= 0.6 is 11.6 Å². The van der Waals surface area contributed by atoms with E-state index in [1.165, 1.54) is 0 Å². The van der Waals surface area contributed by atoms with Crippen LogP contribution in [0.2, 0.25) is 5.02 Å². The maximum atomic E-state index is 6.15. The van der Waals surface area contributed by atoms with Crippen molar-refractivity contribution in [2.45, 2.75) is 27.2 Å². The van der Waals surface area contributed by atoms with Gasteiger partial charge in [-0.2, -0.15) is 0 Å². The fourth-order valence-corrected chi connectivity index (χ4v) is 1.92. The molecule has 84 valence electrons. The van der Waals surface area contributed by atoms with Gasteiger partial charge in [-0.1, -0.05) is 24.6 Å². The summed E-state index contributed by atoms with van der Waals surface area (Å²) >= 11 is 6.15. The van der Waals surface area contributed by atoms with Crippen molar-refractivity contribution in [3.63, 3.8) is 0 Å². The molecule has 0 saturated heterocycles. The summed E-state index contributed by atoms with van der Waals surface area (Å²) in [7, 11) is 0. The maximum absolute atomic E-state index is 6.15. The normalized spacial score (nSPS) is 10.4. The molecule has 0 bridgehead atoms. The van der Waals surface area contributed by atoms with Gasteiger partial charge in [0, 0.05) is 11.6 Å². The Kier molecular flexibility index (Phi) is 4.92. The van der Waals surface area contributed by atoms with Crippen LogP contribution in [0.25, 0.3) is 0 Å². The lowest BCUT2D eigenvalue weighted by Crippen LogP contribution is -2.24. The molecule has 0 spiro atoms. The Labute approximate surface area is 96.8 Å². The van der Waals surface area contributed by atoms with Gasteiger partial charge in [0.05, 0.1) is 12.3 Å². The molecule has 0 aliphatic carbocycles. The first-order valence-electron chi connectivity index (χ1n) is 5.42. The number of hydrogen-bond donors (Lipinski definition) is 0. The second-order valence-electron chi connectivity index (χ2n) is 3.20. The maximum Gasteiger partial charge on any atom is 0.0720 e. The zero-order valence-electron chi connectivity index (χ0n) is 9.59. The van der Waals surface area contributed by atoms with Crippen molar-refractivity contribution in [2.24, 2.45) is 0 Å². The molecule has 3 heteroatoms. The zero-order valence-corrected chi connectivity index (χ0v) is 10.3. The van der Waals surface area contributed by atoms with E-state index in [2.05, 4.69) is 13.8 Å². The largest absolute Gasteiger partial charge is 0.274 e. The Hall–Kier alpha value is -0.730. The molecule has 0 aliphatic rings. The topological polar surface area (TPSA) is 12.5 Å². The predicted molar refractivity (Wildman–Crippen MR) is 65.5 cm³/mol. The molecular formula is C12H18ClNO. The van der Waals surface area contributed by atoms with Crippen LogP contribution in [0.5, 0.6) is 0 Å². The molecule has 1 aromatic rings. The average Bonchev–Trinajstić information content (AvgIpc) is 2.25. The van der Waals surface area contributed by atoms with Crippen LogP contribution < -0.4 is 5.06 Å². The quantitative estimate of drug-likeness (QED) is 0.712. The van der Waals surface area contributed by atoms with Gasteiger partial charge in [-0.3, -0.25) is 9.90 Å². The summed E-state index contributed by atoms with van der Waals surface area (Å²) in [6.07, 6.45) is 0.915. The van der Waals surface area contributed by atoms with E-state index in [9.17, 15) is 0 Å². The molecule has 2 nitrogen and oxygen atoms in total. The van der Waals surface area contributed by atoms with Crippen LogP contribution in [0.4, 0.5) is 5.69 Å². The number of nitrogens with zero attached hydrogens (tertiary/aromatic N) is 1. The fraction of sp³-hybridized carbons (Fsp3) is 0.500. The van der Waals surface area contributed by atoms with Crippen molar-refractivity contribution >= 4 is 17.3 Å². The number of rotatable bonds is 5. The molecule has 0 atom stereocenters. The summed E-state index contributed by atoms with van der Waals surface area (Å²) in [6.45, 7) is 7.64. The minimum absolute atomic E-state index is 0.670. The van der Waals surface area contributed by atoms with E-state index < -0.39 is 0 Å². The van der Waals surface area contributed by atoms with E-state index in [0.29, 0.717) is 6.61 Å². The Morgan fingerprint density at radius 3 is 2.53 bits per heavy atom. The van der Waals surface area contributed by atoms with Crippen molar-refractivity contribution in [3.05, 3.63) is 28.8 Å². The molecule has 0 aliphatic heterocycles. The number of halogens is 1. The smallest absolute Gasteiger partial charge is 0.0720 e. The van der Waals surface area contributed by atoms with Crippen LogP contribution in [0.1, 0.15) is 26.3 Å². The highest BCUT2D eigenvalue weighted by Gasteiger charge is 2.11. The monoisotopic (exact) mass is 227 g/mol. The van der Waals surface area contributed by atoms with E-state index in [1.807, 2.05) is 30.2 Å². The lowest BCUT2D eigenvalue weighted by Gasteiger charge is -2.24. The Morgan fingerprint density at radius 1 is 1.27 bits per heavy atom. The third kappa shape index (κ3) is 2.86. The molecule has 0 aromatic heterocycles. The molecule has 0 saturated carbocycles. The lowest BCUT2D eigenvalue weighted by atomic mass is 10.1. The molecule has 15 heavy (non-hydrogen) atoms. The summed E-state index contributed by atoms with van der Waals surface area (Å²) in [6, 6.07) is 5.92. The molecule has 1 rings (SSSR count). The van der Waals surface area contributed by atoms with Gasteiger partial charge < -0.3 is 0 Å². The number of benzene rings is 1. The van der Waals surface area contributed by atoms with Crippen LogP contribution in [-0.4, -0.2) is 13.2 Å². The first-order chi connectivity index (χ1) is 7.24. The van der Waals surface area contributed by atoms with Gasteiger partial charge in [-0.05, 0) is 38.0 Å². The van der Waals surface area contributed by atoms with Gasteiger partial charge in [-0.25, -0.2) is 0 Å². The van der Waals surface area contributed by atoms with Crippen molar-refractivity contribution in [1.29, 1.82) is 0 Å². The minimum atomic E-state index is 0.670. The molecule has 0 fully saturated rings. The SMILES string of the molecule is CCON(CC)c1cccc(Cl)c1CC. The average molecular weight is 228 g/mol. The first-order valence-corrected chi connectivity index (χ1v) is 5.80. The van der Waals surface area contributed by atoms with Gasteiger partial charge in [0.2, 0.25) is 0 Å². The van der Waals surface area contributed by atoms with E-state index in [0.717, 1.165) is 29.2 Å². The summed E-state index contributed by atoms with van der Waals surface area (Å²) < 4.78 is 0. The molecular weight excluding hydrogens is 210 g/mol. The summed E-state index contributed by atoms with van der Waals surface area (Å²) in [5.74, 6) is 0. The zero-order chi connectivity index (χ0) is 11.3. The first kappa shape index (κ1) is 12.3. The van der Waals surface area contributed by atoms with Crippen molar-refractivity contribution < 1.29 is 4.84 Å². The lowest BCUT2D eigenvalue weighted by molar-refractivity contribution is 0.122. The Balaban J connectivity index is 3.04. The van der Waals surface area contributed by atoms with Gasteiger partial charge >= 0.3 is 0 Å². The highest BCUT2D eigenvalue weighted by atomic mass is 35.5. The summed E-state index contributed by atoms with van der Waals surface area (Å²) in [5.41, 5.74) is 2.23. The van der Waals surface area contributed by atoms with Crippen molar-refractivity contribution in [3.8, 4) is 0 Å². The molecule has 0 radical (unpaired) electrons. The number of hydrogen-bond acceptors (Lipinski definition) is 2. The summed E-state index contributed by atoms with van der Waals surface area (Å²) in [4.78, 5) is 5.55. The third-order valence-corrected chi connectivity index (χ3v) is 2.64. The molecule has 0 amide bonds. The number of hydroxylamine groups is 1. The van der Waals surface area contributed by atoms with E-state index >= 15 is 0 Å². The van der Waals surface area contributed by atoms with Crippen LogP contribution in [-0.2, 0) is 11.3 Å². The van der Waals surface area contributed by atoms with Gasteiger partial charge in [-0.15, -0.1) is 0 Å². The molecule has 0 N–H and O–H groups in total. The minimum Gasteiger partial charge on any atom is -0.274 e. The summed E-state index contributed by atoms with van der Waals surface area (Å²) in [5, 5.41) is 2.71. The standard InChI is InChI=1S/C12H18ClNO/c1-4-10-11(13)8-7-9-12(10)14(5-2)15-6-3/h7-9H,4-6H2,1-3H3. The van der Waals surface area contributed by atoms with Gasteiger partial charge in [0.1, 0.15) is 0 Å². The van der Waals surface area contributed by atoms with Crippen LogP contribution in [0.15, 0.2) is 18.2 Å². The van der Waals surface area contributed by atoms with Crippen molar-refractivity contribution in [2.75, 3.05) is 18.2 Å². The van der Waals surface area contributed by atoms with E-state index in [-0.39, 0.29) is 0 Å². The Bertz CT molecular complexity index is 314. The highest BCUT2D eigenvalue weighted by Crippen LogP contribution is 2.28. The second-order valence-corrected chi connectivity index (χ2v) is 3.61.